The minimum atomic E-state index is -0.598. The van der Waals surface area contributed by atoms with Crippen molar-refractivity contribution in [2.75, 3.05) is 0 Å². The van der Waals surface area contributed by atoms with Crippen molar-refractivity contribution in [2.45, 2.75) is 26.6 Å². The van der Waals surface area contributed by atoms with Gasteiger partial charge in [-0.25, -0.2) is 9.07 Å². The minimum Gasteiger partial charge on any atom is -0.225 e. The van der Waals surface area contributed by atoms with Crippen LogP contribution in [0.1, 0.15) is 25.5 Å². The Hall–Kier alpha value is -0.930. The van der Waals surface area contributed by atoms with Crippen LogP contribution < -0.4 is 0 Å². The molecule has 0 N–H and O–H groups in total. The summed E-state index contributed by atoms with van der Waals surface area (Å²) < 4.78 is 13.0. The summed E-state index contributed by atoms with van der Waals surface area (Å²) in [6.07, 6.45) is 1.62. The highest BCUT2D eigenvalue weighted by molar-refractivity contribution is 4.97. The van der Waals surface area contributed by atoms with Gasteiger partial charge in [-0.15, -0.1) is 5.10 Å². The highest BCUT2D eigenvalue weighted by Gasteiger charge is 2.02. The second kappa shape index (κ2) is 2.77. The third kappa shape index (κ3) is 1.32. The summed E-state index contributed by atoms with van der Waals surface area (Å²) in [6.45, 7) is 3.39. The topological polar surface area (TPSA) is 30.7 Å². The van der Waals surface area contributed by atoms with E-state index < -0.39 is 6.80 Å². The van der Waals surface area contributed by atoms with Gasteiger partial charge in [0.2, 0.25) is 0 Å². The maximum atomic E-state index is 11.9. The zero-order valence-electron chi connectivity index (χ0n) is 6.08. The summed E-state index contributed by atoms with van der Waals surface area (Å²) >= 11 is 0. The van der Waals surface area contributed by atoms with E-state index in [4.69, 9.17) is 0 Å². The standard InChI is InChI=1S/C6H10FN3/c1-5(2)6-3-10(4-7)9-8-6/h3,5H,4H2,1-2H3. The van der Waals surface area contributed by atoms with Gasteiger partial charge < -0.3 is 0 Å². The third-order valence-electron chi connectivity index (χ3n) is 1.27. The summed E-state index contributed by atoms with van der Waals surface area (Å²) in [4.78, 5) is 0. The summed E-state index contributed by atoms with van der Waals surface area (Å²) in [7, 11) is 0. The molecule has 0 aliphatic carbocycles. The van der Waals surface area contributed by atoms with E-state index in [-0.39, 0.29) is 0 Å². The maximum absolute atomic E-state index is 11.9. The Balaban J connectivity index is 2.78. The SMILES string of the molecule is CC(C)c1cn(CF)nn1. The highest BCUT2D eigenvalue weighted by atomic mass is 19.1. The molecule has 0 amide bonds. The second-order valence-corrected chi connectivity index (χ2v) is 2.46. The van der Waals surface area contributed by atoms with E-state index in [1.165, 1.54) is 4.68 Å². The molecule has 1 rings (SSSR count). The third-order valence-corrected chi connectivity index (χ3v) is 1.27. The number of alkyl halides is 1. The first kappa shape index (κ1) is 7.18. The largest absolute Gasteiger partial charge is 0.225 e. The minimum absolute atomic E-state index is 0.320. The quantitative estimate of drug-likeness (QED) is 0.625. The van der Waals surface area contributed by atoms with E-state index in [1.54, 1.807) is 6.20 Å². The van der Waals surface area contributed by atoms with Gasteiger partial charge in [-0.05, 0) is 5.92 Å². The number of rotatable bonds is 2. The van der Waals surface area contributed by atoms with Gasteiger partial charge in [0.15, 0.2) is 6.80 Å². The number of halogens is 1. The van der Waals surface area contributed by atoms with E-state index in [1.807, 2.05) is 13.8 Å². The Morgan fingerprint density at radius 2 is 2.40 bits per heavy atom. The van der Waals surface area contributed by atoms with E-state index in [0.717, 1.165) is 5.69 Å². The summed E-state index contributed by atoms with van der Waals surface area (Å²) in [6, 6.07) is 0. The molecule has 0 saturated heterocycles. The lowest BCUT2D eigenvalue weighted by Gasteiger charge is -1.93. The molecule has 0 aliphatic rings. The van der Waals surface area contributed by atoms with E-state index in [2.05, 4.69) is 10.3 Å². The van der Waals surface area contributed by atoms with Crippen molar-refractivity contribution in [3.05, 3.63) is 11.9 Å². The Morgan fingerprint density at radius 1 is 1.70 bits per heavy atom. The molecule has 56 valence electrons. The molecule has 0 unspecified atom stereocenters. The first-order chi connectivity index (χ1) is 4.74. The predicted molar refractivity (Wildman–Crippen MR) is 35.2 cm³/mol. The van der Waals surface area contributed by atoms with Crippen molar-refractivity contribution in [3.8, 4) is 0 Å². The van der Waals surface area contributed by atoms with Crippen LogP contribution in [0, 0.1) is 0 Å². The van der Waals surface area contributed by atoms with Gasteiger partial charge in [-0.2, -0.15) is 0 Å². The van der Waals surface area contributed by atoms with Crippen LogP contribution in [0.3, 0.4) is 0 Å². The molecule has 0 aliphatic heterocycles. The summed E-state index contributed by atoms with van der Waals surface area (Å²) in [5.41, 5.74) is 0.831. The zero-order valence-corrected chi connectivity index (χ0v) is 6.08. The molecular formula is C6H10FN3. The Bertz CT molecular complexity index is 207. The van der Waals surface area contributed by atoms with Crippen molar-refractivity contribution < 1.29 is 4.39 Å². The molecular weight excluding hydrogens is 133 g/mol. The monoisotopic (exact) mass is 143 g/mol. The number of nitrogens with zero attached hydrogens (tertiary/aromatic N) is 3. The lowest BCUT2D eigenvalue weighted by atomic mass is 10.2. The molecule has 10 heavy (non-hydrogen) atoms. The van der Waals surface area contributed by atoms with Crippen molar-refractivity contribution in [3.63, 3.8) is 0 Å². The van der Waals surface area contributed by atoms with Gasteiger partial charge in [0.1, 0.15) is 0 Å². The number of hydrogen-bond donors (Lipinski definition) is 0. The van der Waals surface area contributed by atoms with Crippen LogP contribution in [0.5, 0.6) is 0 Å². The molecule has 1 aromatic heterocycles. The number of hydrogen-bond acceptors (Lipinski definition) is 2. The smallest absolute Gasteiger partial charge is 0.183 e. The van der Waals surface area contributed by atoms with Gasteiger partial charge in [0, 0.05) is 0 Å². The van der Waals surface area contributed by atoms with Gasteiger partial charge >= 0.3 is 0 Å². The van der Waals surface area contributed by atoms with Gasteiger partial charge in [-0.3, -0.25) is 0 Å². The second-order valence-electron chi connectivity index (χ2n) is 2.46. The average Bonchev–Trinajstić information content (AvgIpc) is 2.34. The van der Waals surface area contributed by atoms with Crippen LogP contribution in [0.15, 0.2) is 6.20 Å². The first-order valence-electron chi connectivity index (χ1n) is 3.20. The van der Waals surface area contributed by atoms with Crippen LogP contribution in [-0.2, 0) is 6.80 Å². The van der Waals surface area contributed by atoms with Crippen LogP contribution in [-0.4, -0.2) is 15.0 Å². The van der Waals surface area contributed by atoms with Gasteiger partial charge in [0.25, 0.3) is 0 Å². The van der Waals surface area contributed by atoms with Crippen molar-refractivity contribution in [2.24, 2.45) is 0 Å². The molecule has 1 heterocycles. The fourth-order valence-corrected chi connectivity index (χ4v) is 0.636. The van der Waals surface area contributed by atoms with Crippen molar-refractivity contribution in [1.29, 1.82) is 0 Å². The molecule has 0 bridgehead atoms. The number of aromatic nitrogens is 3. The highest BCUT2D eigenvalue weighted by Crippen LogP contribution is 2.08. The molecule has 4 heteroatoms. The van der Waals surface area contributed by atoms with E-state index >= 15 is 0 Å². The predicted octanol–water partition coefficient (Wildman–Crippen LogP) is 1.33. The molecule has 0 radical (unpaired) electrons. The molecule has 0 spiro atoms. The summed E-state index contributed by atoms with van der Waals surface area (Å²) in [5.74, 6) is 0.320. The first-order valence-corrected chi connectivity index (χ1v) is 3.20. The zero-order chi connectivity index (χ0) is 7.56. The molecule has 0 fully saturated rings. The lowest BCUT2D eigenvalue weighted by molar-refractivity contribution is 0.343. The van der Waals surface area contributed by atoms with Crippen LogP contribution in [0.2, 0.25) is 0 Å². The molecule has 0 aromatic carbocycles. The molecule has 0 atom stereocenters. The van der Waals surface area contributed by atoms with Crippen molar-refractivity contribution >= 4 is 0 Å². The van der Waals surface area contributed by atoms with Gasteiger partial charge in [-0.1, -0.05) is 19.1 Å². The maximum Gasteiger partial charge on any atom is 0.183 e. The van der Waals surface area contributed by atoms with Gasteiger partial charge in [0.05, 0.1) is 11.9 Å². The average molecular weight is 143 g/mol. The van der Waals surface area contributed by atoms with Crippen LogP contribution in [0.4, 0.5) is 4.39 Å². The molecule has 0 saturated carbocycles. The Labute approximate surface area is 58.9 Å². The van der Waals surface area contributed by atoms with Crippen molar-refractivity contribution in [1.82, 2.24) is 15.0 Å². The molecule has 3 nitrogen and oxygen atoms in total. The lowest BCUT2D eigenvalue weighted by Crippen LogP contribution is -1.91. The Kier molecular flexibility index (Phi) is 1.99. The van der Waals surface area contributed by atoms with Crippen LogP contribution >= 0.6 is 0 Å². The fourth-order valence-electron chi connectivity index (χ4n) is 0.636. The van der Waals surface area contributed by atoms with Crippen LogP contribution in [0.25, 0.3) is 0 Å². The Morgan fingerprint density at radius 3 is 2.70 bits per heavy atom. The van der Waals surface area contributed by atoms with E-state index in [9.17, 15) is 4.39 Å². The summed E-state index contributed by atoms with van der Waals surface area (Å²) in [5, 5.41) is 7.31. The molecule has 1 aromatic rings. The van der Waals surface area contributed by atoms with E-state index in [0.29, 0.717) is 5.92 Å². The normalized spacial score (nSPS) is 10.8. The fraction of sp³-hybridized carbons (Fsp3) is 0.667.